The predicted octanol–water partition coefficient (Wildman–Crippen LogP) is 2.02. The number of anilines is 1. The third kappa shape index (κ3) is 3.78. The van der Waals surface area contributed by atoms with Crippen LogP contribution in [-0.4, -0.2) is 17.6 Å². The topological polar surface area (TPSA) is 112 Å². The molecule has 0 fully saturated rings. The van der Waals surface area contributed by atoms with Gasteiger partial charge < -0.3 is 10.8 Å². The predicted molar refractivity (Wildman–Crippen MR) is 63.3 cm³/mol. The standard InChI is InChI=1S/C11H10N4O2/c12-9-5-4-8(10(7-9)11(16)17)3-1-2-6-14-15-13/h4-5,7H,2,6,12H2,(H,16,17). The van der Waals surface area contributed by atoms with Crippen molar-refractivity contribution in [3.8, 4) is 11.8 Å². The van der Waals surface area contributed by atoms with E-state index in [1.54, 1.807) is 12.1 Å². The Kier molecular flexibility index (Phi) is 4.43. The second-order valence-electron chi connectivity index (χ2n) is 3.12. The summed E-state index contributed by atoms with van der Waals surface area (Å²) in [7, 11) is 0. The fourth-order valence-electron chi connectivity index (χ4n) is 1.16. The molecule has 0 saturated heterocycles. The molecule has 0 atom stereocenters. The maximum atomic E-state index is 10.9. The Balaban J connectivity index is 2.90. The van der Waals surface area contributed by atoms with Gasteiger partial charge in [-0.2, -0.15) is 0 Å². The van der Waals surface area contributed by atoms with E-state index in [1.165, 1.54) is 6.07 Å². The molecule has 3 N–H and O–H groups in total. The summed E-state index contributed by atoms with van der Waals surface area (Å²) in [6, 6.07) is 4.50. The molecule has 1 rings (SSSR count). The summed E-state index contributed by atoms with van der Waals surface area (Å²) in [6.45, 7) is 0.265. The van der Waals surface area contributed by atoms with E-state index in [0.29, 0.717) is 17.7 Å². The van der Waals surface area contributed by atoms with Crippen LogP contribution in [-0.2, 0) is 0 Å². The molecule has 0 unspecified atom stereocenters. The average molecular weight is 230 g/mol. The van der Waals surface area contributed by atoms with Crippen LogP contribution in [0.5, 0.6) is 0 Å². The molecule has 0 bridgehead atoms. The lowest BCUT2D eigenvalue weighted by atomic mass is 10.1. The van der Waals surface area contributed by atoms with Crippen molar-refractivity contribution in [3.63, 3.8) is 0 Å². The average Bonchev–Trinajstić information content (AvgIpc) is 2.30. The minimum Gasteiger partial charge on any atom is -0.478 e. The molecular weight excluding hydrogens is 220 g/mol. The molecule has 0 aliphatic rings. The fraction of sp³-hybridized carbons (Fsp3) is 0.182. The summed E-state index contributed by atoms with van der Waals surface area (Å²) in [5, 5.41) is 12.3. The van der Waals surface area contributed by atoms with Gasteiger partial charge in [-0.15, -0.1) is 0 Å². The van der Waals surface area contributed by atoms with Crippen molar-refractivity contribution in [1.82, 2.24) is 0 Å². The highest BCUT2D eigenvalue weighted by Crippen LogP contribution is 2.12. The van der Waals surface area contributed by atoms with Gasteiger partial charge in [-0.1, -0.05) is 17.0 Å². The van der Waals surface area contributed by atoms with Crippen molar-refractivity contribution in [1.29, 1.82) is 0 Å². The lowest BCUT2D eigenvalue weighted by Crippen LogP contribution is -2.01. The first-order valence-corrected chi connectivity index (χ1v) is 4.77. The Labute approximate surface area is 97.7 Å². The summed E-state index contributed by atoms with van der Waals surface area (Å²) in [4.78, 5) is 13.5. The zero-order valence-electron chi connectivity index (χ0n) is 8.92. The molecule has 0 aliphatic carbocycles. The van der Waals surface area contributed by atoms with Crippen molar-refractivity contribution in [2.24, 2.45) is 5.11 Å². The molecule has 0 saturated carbocycles. The molecule has 6 nitrogen and oxygen atoms in total. The van der Waals surface area contributed by atoms with E-state index in [1.807, 2.05) is 0 Å². The number of hydrogen-bond acceptors (Lipinski definition) is 3. The Morgan fingerprint density at radius 2 is 2.35 bits per heavy atom. The summed E-state index contributed by atoms with van der Waals surface area (Å²) < 4.78 is 0. The number of carboxylic acid groups (broad SMARTS) is 1. The van der Waals surface area contributed by atoms with Crippen LogP contribution in [0.2, 0.25) is 0 Å². The highest BCUT2D eigenvalue weighted by molar-refractivity contribution is 5.91. The van der Waals surface area contributed by atoms with E-state index < -0.39 is 5.97 Å². The number of nitrogens with two attached hydrogens (primary N) is 1. The zero-order valence-corrected chi connectivity index (χ0v) is 8.92. The third-order valence-corrected chi connectivity index (χ3v) is 1.90. The van der Waals surface area contributed by atoms with Gasteiger partial charge in [0.15, 0.2) is 0 Å². The number of nitrogen functional groups attached to an aromatic ring is 1. The van der Waals surface area contributed by atoms with E-state index in [4.69, 9.17) is 16.4 Å². The molecule has 17 heavy (non-hydrogen) atoms. The highest BCUT2D eigenvalue weighted by atomic mass is 16.4. The maximum absolute atomic E-state index is 10.9. The summed E-state index contributed by atoms with van der Waals surface area (Å²) >= 11 is 0. The number of azide groups is 1. The largest absolute Gasteiger partial charge is 0.478 e. The van der Waals surface area contributed by atoms with Crippen LogP contribution in [0.4, 0.5) is 5.69 Å². The zero-order chi connectivity index (χ0) is 12.7. The smallest absolute Gasteiger partial charge is 0.337 e. The SMILES string of the molecule is [N-]=[N+]=NCCC#Cc1ccc(N)cc1C(=O)O. The first-order chi connectivity index (χ1) is 8.15. The highest BCUT2D eigenvalue weighted by Gasteiger charge is 2.08. The van der Waals surface area contributed by atoms with Crippen LogP contribution in [0.15, 0.2) is 23.3 Å². The second kappa shape index (κ2) is 6.05. The summed E-state index contributed by atoms with van der Waals surface area (Å²) in [5.41, 5.74) is 14.4. The number of rotatable bonds is 3. The molecular formula is C11H10N4O2. The van der Waals surface area contributed by atoms with Crippen LogP contribution in [0.1, 0.15) is 22.3 Å². The maximum Gasteiger partial charge on any atom is 0.337 e. The second-order valence-corrected chi connectivity index (χ2v) is 3.12. The van der Waals surface area contributed by atoms with Gasteiger partial charge in [0.2, 0.25) is 0 Å². The molecule has 1 aromatic rings. The Morgan fingerprint density at radius 3 is 3.00 bits per heavy atom. The number of benzene rings is 1. The van der Waals surface area contributed by atoms with E-state index in [-0.39, 0.29) is 12.1 Å². The summed E-state index contributed by atoms with van der Waals surface area (Å²) in [6.07, 6.45) is 0.382. The first kappa shape index (κ1) is 12.4. The fourth-order valence-corrected chi connectivity index (χ4v) is 1.16. The van der Waals surface area contributed by atoms with Gasteiger partial charge >= 0.3 is 5.97 Å². The van der Waals surface area contributed by atoms with Crippen molar-refractivity contribution >= 4 is 11.7 Å². The van der Waals surface area contributed by atoms with Gasteiger partial charge in [-0.25, -0.2) is 4.79 Å². The van der Waals surface area contributed by atoms with E-state index in [9.17, 15) is 4.79 Å². The Bertz CT molecular complexity index is 536. The van der Waals surface area contributed by atoms with Crippen LogP contribution in [0, 0.1) is 11.8 Å². The van der Waals surface area contributed by atoms with Gasteiger partial charge in [0.25, 0.3) is 0 Å². The lowest BCUT2D eigenvalue weighted by molar-refractivity contribution is 0.0696. The van der Waals surface area contributed by atoms with Gasteiger partial charge in [-0.05, 0) is 23.7 Å². The van der Waals surface area contributed by atoms with Crippen molar-refractivity contribution in [2.75, 3.05) is 12.3 Å². The number of aromatic carboxylic acids is 1. The van der Waals surface area contributed by atoms with Gasteiger partial charge in [0.05, 0.1) is 5.56 Å². The van der Waals surface area contributed by atoms with E-state index in [2.05, 4.69) is 21.9 Å². The molecule has 0 aliphatic heterocycles. The van der Waals surface area contributed by atoms with Gasteiger partial charge in [0, 0.05) is 29.1 Å². The molecule has 86 valence electrons. The molecule has 0 radical (unpaired) electrons. The number of hydrogen-bond donors (Lipinski definition) is 2. The van der Waals surface area contributed by atoms with Crippen LogP contribution in [0.3, 0.4) is 0 Å². The minimum absolute atomic E-state index is 0.0706. The molecule has 0 aromatic heterocycles. The Morgan fingerprint density at radius 1 is 1.59 bits per heavy atom. The third-order valence-electron chi connectivity index (χ3n) is 1.90. The number of nitrogens with zero attached hydrogens (tertiary/aromatic N) is 3. The van der Waals surface area contributed by atoms with Gasteiger partial charge in [-0.3, -0.25) is 0 Å². The summed E-state index contributed by atoms with van der Waals surface area (Å²) in [5.74, 6) is 4.37. The van der Waals surface area contributed by atoms with Crippen molar-refractivity contribution in [3.05, 3.63) is 39.8 Å². The molecule has 1 aromatic carbocycles. The molecule has 0 amide bonds. The molecule has 6 heteroatoms. The van der Waals surface area contributed by atoms with Crippen molar-refractivity contribution < 1.29 is 9.90 Å². The van der Waals surface area contributed by atoms with E-state index >= 15 is 0 Å². The number of carboxylic acids is 1. The number of carbonyl (C=O) groups is 1. The normalized spacial score (nSPS) is 8.71. The molecule has 0 spiro atoms. The van der Waals surface area contributed by atoms with Gasteiger partial charge in [0.1, 0.15) is 0 Å². The van der Waals surface area contributed by atoms with Crippen molar-refractivity contribution in [2.45, 2.75) is 6.42 Å². The minimum atomic E-state index is -1.07. The lowest BCUT2D eigenvalue weighted by Gasteiger charge is -2.00. The first-order valence-electron chi connectivity index (χ1n) is 4.77. The Hall–Kier alpha value is -2.64. The monoisotopic (exact) mass is 230 g/mol. The quantitative estimate of drug-likeness (QED) is 0.207. The van der Waals surface area contributed by atoms with Crippen LogP contribution in [0.25, 0.3) is 10.4 Å². The van der Waals surface area contributed by atoms with E-state index in [0.717, 1.165) is 0 Å². The molecule has 0 heterocycles. The van der Waals surface area contributed by atoms with Crippen LogP contribution < -0.4 is 5.73 Å². The van der Waals surface area contributed by atoms with Crippen LogP contribution >= 0.6 is 0 Å².